The van der Waals surface area contributed by atoms with E-state index in [-0.39, 0.29) is 23.2 Å². The molecule has 0 amide bonds. The van der Waals surface area contributed by atoms with E-state index in [4.69, 9.17) is 5.11 Å². The maximum absolute atomic E-state index is 11.9. The molecular formula is C15H18O3. The highest BCUT2D eigenvalue weighted by molar-refractivity contribution is 6.08. The summed E-state index contributed by atoms with van der Waals surface area (Å²) in [4.78, 5) is 23.0. The van der Waals surface area contributed by atoms with Crippen LogP contribution in [0.15, 0.2) is 34.9 Å². The fourth-order valence-electron chi connectivity index (χ4n) is 3.01. The van der Waals surface area contributed by atoms with Crippen LogP contribution in [-0.2, 0) is 9.59 Å². The van der Waals surface area contributed by atoms with Crippen LogP contribution in [0.1, 0.15) is 33.1 Å². The first-order chi connectivity index (χ1) is 8.41. The van der Waals surface area contributed by atoms with Crippen LogP contribution in [0.25, 0.3) is 0 Å². The van der Waals surface area contributed by atoms with E-state index in [1.165, 1.54) is 0 Å². The quantitative estimate of drug-likeness (QED) is 0.762. The molecule has 2 aliphatic carbocycles. The first kappa shape index (κ1) is 12.8. The summed E-state index contributed by atoms with van der Waals surface area (Å²) in [6, 6.07) is 0. The van der Waals surface area contributed by atoms with E-state index >= 15 is 0 Å². The van der Waals surface area contributed by atoms with Gasteiger partial charge in [-0.2, -0.15) is 0 Å². The number of hydrogen-bond acceptors (Lipinski definition) is 2. The van der Waals surface area contributed by atoms with Gasteiger partial charge >= 0.3 is 5.97 Å². The molecule has 1 N–H and O–H groups in total. The van der Waals surface area contributed by atoms with Gasteiger partial charge in [0.25, 0.3) is 0 Å². The molecular weight excluding hydrogens is 228 g/mol. The lowest BCUT2D eigenvalue weighted by Gasteiger charge is -2.19. The third kappa shape index (κ3) is 2.05. The molecule has 0 spiro atoms. The highest BCUT2D eigenvalue weighted by atomic mass is 16.4. The molecule has 0 aromatic rings. The van der Waals surface area contributed by atoms with Gasteiger partial charge in [-0.25, -0.2) is 4.79 Å². The minimum Gasteiger partial charge on any atom is -0.478 e. The summed E-state index contributed by atoms with van der Waals surface area (Å²) in [6.45, 7) is 7.62. The van der Waals surface area contributed by atoms with Crippen LogP contribution in [-0.4, -0.2) is 16.9 Å². The number of aliphatic carboxylic acids is 1. The van der Waals surface area contributed by atoms with Gasteiger partial charge in [-0.1, -0.05) is 17.7 Å². The Bertz CT molecular complexity index is 494. The molecule has 0 fully saturated rings. The smallest absolute Gasteiger partial charge is 0.331 e. The lowest BCUT2D eigenvalue weighted by atomic mass is 9.84. The van der Waals surface area contributed by atoms with Crippen LogP contribution < -0.4 is 0 Å². The third-order valence-corrected chi connectivity index (χ3v) is 4.14. The molecule has 3 heteroatoms. The van der Waals surface area contributed by atoms with Crippen molar-refractivity contribution in [1.29, 1.82) is 0 Å². The van der Waals surface area contributed by atoms with Crippen molar-refractivity contribution in [3.05, 3.63) is 34.9 Å². The summed E-state index contributed by atoms with van der Waals surface area (Å²) >= 11 is 0. The number of ketones is 1. The summed E-state index contributed by atoms with van der Waals surface area (Å²) < 4.78 is 0. The lowest BCUT2D eigenvalue weighted by Crippen LogP contribution is -2.15. The molecule has 0 saturated carbocycles. The van der Waals surface area contributed by atoms with Crippen molar-refractivity contribution in [2.45, 2.75) is 33.1 Å². The van der Waals surface area contributed by atoms with Gasteiger partial charge < -0.3 is 5.11 Å². The minimum atomic E-state index is -0.924. The van der Waals surface area contributed by atoms with Crippen LogP contribution in [0.5, 0.6) is 0 Å². The Morgan fingerprint density at radius 3 is 2.72 bits per heavy atom. The minimum absolute atomic E-state index is 0.0331. The number of rotatable bonds is 2. The standard InChI is InChI=1S/C15H18O3/c1-8-4-5-11(10(3)15(17)18)7-12-9(2)6-13(16)14(8)12/h6,11-12H,3-5,7H2,1-2H3,(H,17,18)/t11-,12-/m0/s1. The SMILES string of the molecule is C=C(C(=O)O)[C@H]1CCC(C)=C2C(=O)C=C(C)[C@@H]2C1. The first-order valence-corrected chi connectivity index (χ1v) is 6.26. The Balaban J connectivity index is 2.30. The summed E-state index contributed by atoms with van der Waals surface area (Å²) in [5, 5.41) is 9.06. The van der Waals surface area contributed by atoms with Crippen LogP contribution in [0, 0.1) is 11.8 Å². The van der Waals surface area contributed by atoms with Gasteiger partial charge in [-0.15, -0.1) is 0 Å². The van der Waals surface area contributed by atoms with E-state index in [9.17, 15) is 9.59 Å². The Hall–Kier alpha value is -1.64. The average molecular weight is 246 g/mol. The molecule has 0 aromatic heterocycles. The van der Waals surface area contributed by atoms with E-state index in [1.807, 2.05) is 13.8 Å². The molecule has 2 rings (SSSR count). The first-order valence-electron chi connectivity index (χ1n) is 6.26. The molecule has 2 aliphatic rings. The Morgan fingerprint density at radius 2 is 2.11 bits per heavy atom. The van der Waals surface area contributed by atoms with Crippen LogP contribution in [0.3, 0.4) is 0 Å². The maximum atomic E-state index is 11.9. The van der Waals surface area contributed by atoms with E-state index in [2.05, 4.69) is 6.58 Å². The second-order valence-corrected chi connectivity index (χ2v) is 5.30. The van der Waals surface area contributed by atoms with Crippen molar-refractivity contribution >= 4 is 11.8 Å². The number of allylic oxidation sites excluding steroid dienone is 4. The van der Waals surface area contributed by atoms with Crippen molar-refractivity contribution in [2.24, 2.45) is 11.8 Å². The number of carboxylic acids is 1. The van der Waals surface area contributed by atoms with Gasteiger partial charge in [0.15, 0.2) is 5.78 Å². The van der Waals surface area contributed by atoms with Gasteiger partial charge in [-0.05, 0) is 45.1 Å². The second kappa shape index (κ2) is 4.56. The number of carboxylic acid groups (broad SMARTS) is 1. The molecule has 0 aliphatic heterocycles. The highest BCUT2D eigenvalue weighted by Crippen LogP contribution is 2.42. The zero-order valence-electron chi connectivity index (χ0n) is 10.8. The third-order valence-electron chi connectivity index (χ3n) is 4.14. The molecule has 2 atom stereocenters. The molecule has 0 heterocycles. The van der Waals surface area contributed by atoms with Crippen LogP contribution >= 0.6 is 0 Å². The topological polar surface area (TPSA) is 54.4 Å². The van der Waals surface area contributed by atoms with Crippen molar-refractivity contribution in [3.8, 4) is 0 Å². The zero-order chi connectivity index (χ0) is 13.4. The Kier molecular flexibility index (Phi) is 3.24. The monoisotopic (exact) mass is 246 g/mol. The van der Waals surface area contributed by atoms with Crippen LogP contribution in [0.2, 0.25) is 0 Å². The van der Waals surface area contributed by atoms with Gasteiger partial charge in [0.1, 0.15) is 0 Å². The number of carbonyl (C=O) groups excluding carboxylic acids is 1. The largest absolute Gasteiger partial charge is 0.478 e. The fourth-order valence-corrected chi connectivity index (χ4v) is 3.01. The summed E-state index contributed by atoms with van der Waals surface area (Å²) in [6.07, 6.45) is 3.95. The van der Waals surface area contributed by atoms with Crippen LogP contribution in [0.4, 0.5) is 0 Å². The van der Waals surface area contributed by atoms with Crippen molar-refractivity contribution < 1.29 is 14.7 Å². The molecule has 18 heavy (non-hydrogen) atoms. The summed E-state index contributed by atoms with van der Waals surface area (Å²) in [5.41, 5.74) is 3.34. The van der Waals surface area contributed by atoms with Crippen molar-refractivity contribution in [3.63, 3.8) is 0 Å². The predicted octanol–water partition coefficient (Wildman–Crippen LogP) is 2.89. The van der Waals surface area contributed by atoms with E-state index in [1.54, 1.807) is 6.08 Å². The van der Waals surface area contributed by atoms with Gasteiger partial charge in [0.2, 0.25) is 0 Å². The normalized spacial score (nSPS) is 27.7. The van der Waals surface area contributed by atoms with Crippen molar-refractivity contribution in [2.75, 3.05) is 0 Å². The molecule has 96 valence electrons. The average Bonchev–Trinajstić information content (AvgIpc) is 2.48. The summed E-state index contributed by atoms with van der Waals surface area (Å²) in [5.74, 6) is -0.751. The number of hydrogen-bond donors (Lipinski definition) is 1. The van der Waals surface area contributed by atoms with Gasteiger partial charge in [-0.3, -0.25) is 4.79 Å². The maximum Gasteiger partial charge on any atom is 0.331 e. The molecule has 0 saturated heterocycles. The fraction of sp³-hybridized carbons (Fsp3) is 0.467. The Labute approximate surface area is 107 Å². The van der Waals surface area contributed by atoms with Crippen molar-refractivity contribution in [1.82, 2.24) is 0 Å². The van der Waals surface area contributed by atoms with E-state index in [0.717, 1.165) is 29.6 Å². The molecule has 0 unspecified atom stereocenters. The lowest BCUT2D eigenvalue weighted by molar-refractivity contribution is -0.133. The molecule has 3 nitrogen and oxygen atoms in total. The zero-order valence-corrected chi connectivity index (χ0v) is 10.8. The molecule has 0 bridgehead atoms. The van der Waals surface area contributed by atoms with Gasteiger partial charge in [0, 0.05) is 17.1 Å². The second-order valence-electron chi connectivity index (χ2n) is 5.30. The molecule has 0 radical (unpaired) electrons. The predicted molar refractivity (Wildman–Crippen MR) is 69.1 cm³/mol. The summed E-state index contributed by atoms with van der Waals surface area (Å²) in [7, 11) is 0. The number of carbonyl (C=O) groups is 2. The number of fused-ring (bicyclic) bond motifs is 1. The Morgan fingerprint density at radius 1 is 1.44 bits per heavy atom. The van der Waals surface area contributed by atoms with E-state index < -0.39 is 5.97 Å². The molecule has 0 aromatic carbocycles. The van der Waals surface area contributed by atoms with Gasteiger partial charge in [0.05, 0.1) is 0 Å². The van der Waals surface area contributed by atoms with E-state index in [0.29, 0.717) is 6.42 Å². The highest BCUT2D eigenvalue weighted by Gasteiger charge is 2.35.